The van der Waals surface area contributed by atoms with Gasteiger partial charge < -0.3 is 28.8 Å². The van der Waals surface area contributed by atoms with Crippen molar-refractivity contribution in [3.05, 3.63) is 77.4 Å². The second kappa shape index (κ2) is 9.77. The van der Waals surface area contributed by atoms with Crippen LogP contribution in [-0.4, -0.2) is 51.3 Å². The van der Waals surface area contributed by atoms with Crippen LogP contribution in [0.15, 0.2) is 66.2 Å². The Morgan fingerprint density at radius 3 is 2.32 bits per heavy atom. The summed E-state index contributed by atoms with van der Waals surface area (Å²) in [5.74, 6) is 0.134. The zero-order chi connectivity index (χ0) is 26.1. The van der Waals surface area contributed by atoms with Gasteiger partial charge in [0.2, 0.25) is 0 Å². The smallest absolute Gasteiger partial charge is 0.300 e. The van der Waals surface area contributed by atoms with Crippen LogP contribution in [0.25, 0.3) is 5.76 Å². The summed E-state index contributed by atoms with van der Waals surface area (Å²) >= 11 is 0. The molecule has 190 valence electrons. The summed E-state index contributed by atoms with van der Waals surface area (Å²) in [6.07, 6.45) is 0. The normalized spacial score (nSPS) is 18.0. The number of para-hydroxylation sites is 1. The predicted octanol–water partition coefficient (Wildman–Crippen LogP) is 4.11. The van der Waals surface area contributed by atoms with Crippen molar-refractivity contribution in [2.75, 3.05) is 39.4 Å². The van der Waals surface area contributed by atoms with E-state index >= 15 is 0 Å². The maximum absolute atomic E-state index is 13.6. The molecule has 0 aromatic heterocycles. The summed E-state index contributed by atoms with van der Waals surface area (Å²) in [6.45, 7) is 0.779. The van der Waals surface area contributed by atoms with E-state index in [1.807, 2.05) is 0 Å². The number of aliphatic hydroxyl groups is 1. The summed E-state index contributed by atoms with van der Waals surface area (Å²) in [6, 6.07) is 15.9. The molecule has 0 spiro atoms. The first-order valence-corrected chi connectivity index (χ1v) is 11.5. The fourth-order valence-corrected chi connectivity index (χ4v) is 4.61. The number of carbonyl (C=O) groups is 2. The Morgan fingerprint density at radius 1 is 0.865 bits per heavy atom. The Labute approximate surface area is 213 Å². The highest BCUT2D eigenvalue weighted by atomic mass is 16.6. The molecule has 1 fully saturated rings. The Bertz CT molecular complexity index is 1410. The van der Waals surface area contributed by atoms with Gasteiger partial charge in [-0.15, -0.1) is 0 Å². The first kappa shape index (κ1) is 24.1. The van der Waals surface area contributed by atoms with E-state index in [0.29, 0.717) is 53.2 Å². The molecular formula is C28H25NO8. The molecule has 1 amide bonds. The molecule has 1 unspecified atom stereocenters. The van der Waals surface area contributed by atoms with Crippen molar-refractivity contribution in [2.24, 2.45) is 0 Å². The molecule has 1 N–H and O–H groups in total. The van der Waals surface area contributed by atoms with Crippen molar-refractivity contribution in [1.29, 1.82) is 0 Å². The van der Waals surface area contributed by atoms with E-state index in [9.17, 15) is 14.7 Å². The van der Waals surface area contributed by atoms with E-state index in [1.54, 1.807) is 60.7 Å². The van der Waals surface area contributed by atoms with Gasteiger partial charge in [-0.05, 0) is 36.4 Å². The predicted molar refractivity (Wildman–Crippen MR) is 135 cm³/mol. The number of amides is 1. The Morgan fingerprint density at radius 2 is 1.59 bits per heavy atom. The monoisotopic (exact) mass is 503 g/mol. The van der Waals surface area contributed by atoms with Crippen molar-refractivity contribution in [1.82, 2.24) is 0 Å². The van der Waals surface area contributed by atoms with Crippen molar-refractivity contribution >= 4 is 23.1 Å². The van der Waals surface area contributed by atoms with Gasteiger partial charge in [-0.1, -0.05) is 18.2 Å². The second-order valence-corrected chi connectivity index (χ2v) is 8.31. The Kier molecular flexibility index (Phi) is 6.35. The summed E-state index contributed by atoms with van der Waals surface area (Å²) in [7, 11) is 4.44. The Balaban J connectivity index is 1.76. The highest BCUT2D eigenvalue weighted by molar-refractivity contribution is 6.51. The number of rotatable bonds is 6. The SMILES string of the molecule is COc1ccc(OC)c(/C(O)=C2\C(=O)C(=O)N(c3ccc4c(c3)OCCO4)C2c2ccccc2OC)c1. The van der Waals surface area contributed by atoms with Crippen LogP contribution < -0.4 is 28.6 Å². The molecular weight excluding hydrogens is 478 g/mol. The third-order valence-electron chi connectivity index (χ3n) is 6.34. The number of benzene rings is 3. The van der Waals surface area contributed by atoms with Crippen molar-refractivity contribution < 1.29 is 38.4 Å². The number of hydrogen-bond donors (Lipinski definition) is 1. The van der Waals surface area contributed by atoms with Crippen molar-refractivity contribution in [2.45, 2.75) is 6.04 Å². The van der Waals surface area contributed by atoms with E-state index < -0.39 is 23.5 Å². The zero-order valence-corrected chi connectivity index (χ0v) is 20.5. The maximum Gasteiger partial charge on any atom is 0.300 e. The van der Waals surface area contributed by atoms with Gasteiger partial charge in [-0.25, -0.2) is 0 Å². The van der Waals surface area contributed by atoms with E-state index in [4.69, 9.17) is 23.7 Å². The summed E-state index contributed by atoms with van der Waals surface area (Å²) in [5.41, 5.74) is 1.01. The third kappa shape index (κ3) is 4.08. The van der Waals surface area contributed by atoms with Gasteiger partial charge in [0.25, 0.3) is 11.7 Å². The summed E-state index contributed by atoms with van der Waals surface area (Å²) < 4.78 is 27.6. The summed E-state index contributed by atoms with van der Waals surface area (Å²) in [5, 5.41) is 11.6. The van der Waals surface area contributed by atoms with Crippen LogP contribution in [0.3, 0.4) is 0 Å². The van der Waals surface area contributed by atoms with Crippen LogP contribution in [-0.2, 0) is 9.59 Å². The van der Waals surface area contributed by atoms with Gasteiger partial charge in [0.05, 0.1) is 38.5 Å². The fraction of sp³-hybridized carbons (Fsp3) is 0.214. The molecule has 9 nitrogen and oxygen atoms in total. The lowest BCUT2D eigenvalue weighted by Crippen LogP contribution is -2.30. The molecule has 3 aromatic carbocycles. The number of anilines is 1. The number of aliphatic hydroxyl groups excluding tert-OH is 1. The first-order valence-electron chi connectivity index (χ1n) is 11.5. The molecule has 2 heterocycles. The number of nitrogens with zero attached hydrogens (tertiary/aromatic N) is 1. The minimum absolute atomic E-state index is 0.115. The molecule has 9 heteroatoms. The lowest BCUT2D eigenvalue weighted by Gasteiger charge is -2.28. The number of fused-ring (bicyclic) bond motifs is 1. The maximum atomic E-state index is 13.6. The molecule has 2 aliphatic rings. The van der Waals surface area contributed by atoms with Crippen molar-refractivity contribution in [3.8, 4) is 28.7 Å². The van der Waals surface area contributed by atoms with Crippen LogP contribution in [0.2, 0.25) is 0 Å². The zero-order valence-electron chi connectivity index (χ0n) is 20.5. The van der Waals surface area contributed by atoms with Crippen LogP contribution in [0.5, 0.6) is 28.7 Å². The molecule has 5 rings (SSSR count). The van der Waals surface area contributed by atoms with Gasteiger partial charge in [-0.2, -0.15) is 0 Å². The molecule has 0 bridgehead atoms. The quantitative estimate of drug-likeness (QED) is 0.305. The number of carbonyl (C=O) groups excluding carboxylic acids is 2. The van der Waals surface area contributed by atoms with Crippen LogP contribution in [0.1, 0.15) is 17.2 Å². The Hall–Kier alpha value is -4.66. The minimum atomic E-state index is -1.00. The van der Waals surface area contributed by atoms with E-state index in [2.05, 4.69) is 0 Å². The molecule has 3 aromatic rings. The number of ether oxygens (including phenoxy) is 5. The van der Waals surface area contributed by atoms with Gasteiger partial charge in [0.15, 0.2) is 11.5 Å². The van der Waals surface area contributed by atoms with E-state index in [0.717, 1.165) is 0 Å². The highest BCUT2D eigenvalue weighted by Gasteiger charge is 2.48. The van der Waals surface area contributed by atoms with E-state index in [-0.39, 0.29) is 11.1 Å². The highest BCUT2D eigenvalue weighted by Crippen LogP contribution is 2.47. The standard InChI is InChI=1S/C28H25NO8/c1-33-17-9-11-21(35-3)19(15-17)26(30)24-25(18-6-4-5-7-20(18)34-2)29(28(32)27(24)31)16-8-10-22-23(14-16)37-13-12-36-22/h4-11,14-15,25,30H,12-13H2,1-3H3/b26-24+. The minimum Gasteiger partial charge on any atom is -0.507 e. The van der Waals surface area contributed by atoms with Crippen LogP contribution in [0.4, 0.5) is 5.69 Å². The molecule has 0 saturated carbocycles. The first-order chi connectivity index (χ1) is 18.0. The molecule has 0 aliphatic carbocycles. The molecule has 2 aliphatic heterocycles. The lowest BCUT2D eigenvalue weighted by molar-refractivity contribution is -0.132. The largest absolute Gasteiger partial charge is 0.507 e. The van der Waals surface area contributed by atoms with E-state index in [1.165, 1.54) is 26.2 Å². The van der Waals surface area contributed by atoms with Crippen LogP contribution in [0, 0.1) is 0 Å². The average Bonchev–Trinajstić information content (AvgIpc) is 3.21. The number of ketones is 1. The molecule has 0 radical (unpaired) electrons. The van der Waals surface area contributed by atoms with Crippen molar-refractivity contribution in [3.63, 3.8) is 0 Å². The summed E-state index contributed by atoms with van der Waals surface area (Å²) in [4.78, 5) is 28.4. The number of methoxy groups -OCH3 is 3. The second-order valence-electron chi connectivity index (χ2n) is 8.31. The lowest BCUT2D eigenvalue weighted by atomic mass is 9.94. The molecule has 1 saturated heterocycles. The number of hydrogen-bond acceptors (Lipinski definition) is 8. The van der Waals surface area contributed by atoms with Gasteiger partial charge in [0.1, 0.15) is 36.2 Å². The molecule has 37 heavy (non-hydrogen) atoms. The van der Waals surface area contributed by atoms with Gasteiger partial charge in [-0.3, -0.25) is 14.5 Å². The van der Waals surface area contributed by atoms with Gasteiger partial charge >= 0.3 is 0 Å². The average molecular weight is 504 g/mol. The van der Waals surface area contributed by atoms with Gasteiger partial charge in [0, 0.05) is 17.3 Å². The topological polar surface area (TPSA) is 104 Å². The van der Waals surface area contributed by atoms with Crippen LogP contribution >= 0.6 is 0 Å². The molecule has 1 atom stereocenters. The third-order valence-corrected chi connectivity index (χ3v) is 6.34. The fourth-order valence-electron chi connectivity index (χ4n) is 4.61. The number of Topliss-reactive ketones (excluding diaryl/α,β-unsaturated/α-hetero) is 1.